The summed E-state index contributed by atoms with van der Waals surface area (Å²) in [5.41, 5.74) is 1.74. The Bertz CT molecular complexity index is 499. The van der Waals surface area contributed by atoms with E-state index in [-0.39, 0.29) is 12.1 Å². The maximum Gasteiger partial charge on any atom is 0.319 e. The summed E-state index contributed by atoms with van der Waals surface area (Å²) in [6.07, 6.45) is 3.45. The third kappa shape index (κ3) is 3.31. The third-order valence-corrected chi connectivity index (χ3v) is 2.56. The number of nitrogens with zero attached hydrogens (tertiary/aromatic N) is 1. The number of nitrogens with one attached hydrogen (secondary N) is 2. The zero-order chi connectivity index (χ0) is 12.8. The van der Waals surface area contributed by atoms with Crippen LogP contribution in [0.25, 0.3) is 0 Å². The fourth-order valence-corrected chi connectivity index (χ4v) is 1.60. The highest BCUT2D eigenvalue weighted by Crippen LogP contribution is 2.10. The molecule has 2 aromatic rings. The van der Waals surface area contributed by atoms with Crippen LogP contribution < -0.4 is 10.6 Å². The van der Waals surface area contributed by atoms with Crippen LogP contribution in [0.4, 0.5) is 10.5 Å². The molecule has 4 heteroatoms. The molecular weight excluding hydrogens is 226 g/mol. The predicted octanol–water partition coefficient (Wildman–Crippen LogP) is 2.96. The van der Waals surface area contributed by atoms with Gasteiger partial charge in [0.1, 0.15) is 0 Å². The Kier molecular flexibility index (Phi) is 3.91. The number of aromatic nitrogens is 1. The Hall–Kier alpha value is -2.36. The van der Waals surface area contributed by atoms with Gasteiger partial charge in [0.25, 0.3) is 0 Å². The van der Waals surface area contributed by atoms with Crippen molar-refractivity contribution < 1.29 is 4.79 Å². The molecule has 0 saturated heterocycles. The van der Waals surface area contributed by atoms with Gasteiger partial charge in [0.15, 0.2) is 0 Å². The van der Waals surface area contributed by atoms with E-state index < -0.39 is 0 Å². The monoisotopic (exact) mass is 241 g/mol. The van der Waals surface area contributed by atoms with Crippen molar-refractivity contribution in [1.82, 2.24) is 10.3 Å². The van der Waals surface area contributed by atoms with E-state index in [1.165, 1.54) is 0 Å². The second-order valence-electron chi connectivity index (χ2n) is 3.97. The van der Waals surface area contributed by atoms with E-state index in [4.69, 9.17) is 0 Å². The normalized spacial score (nSPS) is 11.6. The van der Waals surface area contributed by atoms with Gasteiger partial charge < -0.3 is 10.6 Å². The molecule has 0 saturated carbocycles. The van der Waals surface area contributed by atoms with Gasteiger partial charge in [0, 0.05) is 18.1 Å². The van der Waals surface area contributed by atoms with Crippen molar-refractivity contribution in [2.24, 2.45) is 0 Å². The second kappa shape index (κ2) is 5.82. The molecule has 2 amide bonds. The molecule has 0 aliphatic heterocycles. The molecule has 2 rings (SSSR count). The predicted molar refractivity (Wildman–Crippen MR) is 71.2 cm³/mol. The van der Waals surface area contributed by atoms with E-state index in [0.717, 1.165) is 11.3 Å². The molecule has 0 bridgehead atoms. The lowest BCUT2D eigenvalue weighted by atomic mass is 10.1. The van der Waals surface area contributed by atoms with Gasteiger partial charge in [-0.15, -0.1) is 0 Å². The second-order valence-corrected chi connectivity index (χ2v) is 3.97. The molecule has 4 nitrogen and oxygen atoms in total. The van der Waals surface area contributed by atoms with Crippen LogP contribution in [0, 0.1) is 0 Å². The number of carbonyl (C=O) groups excluding carboxylic acids is 1. The van der Waals surface area contributed by atoms with Crippen LogP contribution in [0.2, 0.25) is 0 Å². The van der Waals surface area contributed by atoms with Crippen LogP contribution in [-0.2, 0) is 0 Å². The first kappa shape index (κ1) is 12.1. The molecule has 1 aromatic heterocycles. The Morgan fingerprint density at radius 3 is 2.61 bits per heavy atom. The number of benzene rings is 1. The van der Waals surface area contributed by atoms with E-state index in [1.54, 1.807) is 12.4 Å². The van der Waals surface area contributed by atoms with Gasteiger partial charge in [-0.25, -0.2) is 4.79 Å². The van der Waals surface area contributed by atoms with Crippen molar-refractivity contribution in [1.29, 1.82) is 0 Å². The Balaban J connectivity index is 1.92. The van der Waals surface area contributed by atoms with E-state index in [9.17, 15) is 4.79 Å². The molecule has 0 aliphatic rings. The Morgan fingerprint density at radius 1 is 1.17 bits per heavy atom. The average molecular weight is 241 g/mol. The van der Waals surface area contributed by atoms with Crippen LogP contribution >= 0.6 is 0 Å². The number of hydrogen-bond donors (Lipinski definition) is 2. The van der Waals surface area contributed by atoms with Crippen LogP contribution in [0.15, 0.2) is 54.9 Å². The first-order valence-corrected chi connectivity index (χ1v) is 5.78. The van der Waals surface area contributed by atoms with Gasteiger partial charge >= 0.3 is 6.03 Å². The lowest BCUT2D eigenvalue weighted by molar-refractivity contribution is 0.249. The molecule has 0 unspecified atom stereocenters. The number of urea groups is 1. The number of amides is 2. The maximum absolute atomic E-state index is 11.8. The molecule has 0 aliphatic carbocycles. The molecule has 0 fully saturated rings. The highest BCUT2D eigenvalue weighted by molar-refractivity contribution is 5.89. The zero-order valence-corrected chi connectivity index (χ0v) is 10.1. The summed E-state index contributed by atoms with van der Waals surface area (Å²) in [6.45, 7) is 1.92. The minimum atomic E-state index is -0.224. The quantitative estimate of drug-likeness (QED) is 0.868. The zero-order valence-electron chi connectivity index (χ0n) is 10.1. The van der Waals surface area contributed by atoms with Crippen molar-refractivity contribution in [3.8, 4) is 0 Å². The maximum atomic E-state index is 11.8. The number of rotatable bonds is 3. The summed E-state index contributed by atoms with van der Waals surface area (Å²) in [5, 5.41) is 5.63. The van der Waals surface area contributed by atoms with Gasteiger partial charge in [-0.3, -0.25) is 4.98 Å². The summed E-state index contributed by atoms with van der Waals surface area (Å²) in [4.78, 5) is 15.8. The lowest BCUT2D eigenvalue weighted by Crippen LogP contribution is -2.31. The molecular formula is C14H15N3O. The van der Waals surface area contributed by atoms with E-state index in [2.05, 4.69) is 15.6 Å². The molecule has 1 aromatic carbocycles. The minimum absolute atomic E-state index is 0.0811. The van der Waals surface area contributed by atoms with Crippen LogP contribution in [0.5, 0.6) is 0 Å². The number of pyridine rings is 1. The van der Waals surface area contributed by atoms with E-state index in [1.807, 2.05) is 49.4 Å². The number of carbonyl (C=O) groups is 1. The van der Waals surface area contributed by atoms with Crippen LogP contribution in [0.3, 0.4) is 0 Å². The number of hydrogen-bond acceptors (Lipinski definition) is 2. The van der Waals surface area contributed by atoms with Crippen molar-refractivity contribution in [3.05, 3.63) is 60.4 Å². The Morgan fingerprint density at radius 2 is 1.94 bits per heavy atom. The summed E-state index contributed by atoms with van der Waals surface area (Å²) in [7, 11) is 0. The van der Waals surface area contributed by atoms with E-state index in [0.29, 0.717) is 0 Å². The van der Waals surface area contributed by atoms with Crippen molar-refractivity contribution in [2.75, 3.05) is 5.32 Å². The van der Waals surface area contributed by atoms with Gasteiger partial charge in [0.2, 0.25) is 0 Å². The lowest BCUT2D eigenvalue weighted by Gasteiger charge is -2.14. The fraction of sp³-hybridized carbons (Fsp3) is 0.143. The summed E-state index contributed by atoms with van der Waals surface area (Å²) in [6, 6.07) is 12.8. The van der Waals surface area contributed by atoms with Crippen molar-refractivity contribution in [3.63, 3.8) is 0 Å². The summed E-state index contributed by atoms with van der Waals surface area (Å²) in [5.74, 6) is 0. The van der Waals surface area contributed by atoms with Gasteiger partial charge in [-0.1, -0.05) is 24.3 Å². The highest BCUT2D eigenvalue weighted by Gasteiger charge is 2.08. The minimum Gasteiger partial charge on any atom is -0.331 e. The average Bonchev–Trinajstić information content (AvgIpc) is 2.40. The van der Waals surface area contributed by atoms with Crippen molar-refractivity contribution >= 4 is 11.7 Å². The number of para-hydroxylation sites is 1. The molecule has 92 valence electrons. The van der Waals surface area contributed by atoms with Crippen LogP contribution in [0.1, 0.15) is 18.5 Å². The first-order valence-electron chi connectivity index (χ1n) is 5.78. The van der Waals surface area contributed by atoms with Gasteiger partial charge in [-0.2, -0.15) is 0 Å². The third-order valence-electron chi connectivity index (χ3n) is 2.56. The molecule has 1 atom stereocenters. The SMILES string of the molecule is C[C@@H](NC(=O)Nc1ccccc1)c1cccnc1. The molecule has 1 heterocycles. The smallest absolute Gasteiger partial charge is 0.319 e. The molecule has 18 heavy (non-hydrogen) atoms. The highest BCUT2D eigenvalue weighted by atomic mass is 16.2. The summed E-state index contributed by atoms with van der Waals surface area (Å²) >= 11 is 0. The van der Waals surface area contributed by atoms with Crippen LogP contribution in [-0.4, -0.2) is 11.0 Å². The van der Waals surface area contributed by atoms with Crippen molar-refractivity contribution in [2.45, 2.75) is 13.0 Å². The largest absolute Gasteiger partial charge is 0.331 e. The van der Waals surface area contributed by atoms with E-state index >= 15 is 0 Å². The van der Waals surface area contributed by atoms with Gasteiger partial charge in [-0.05, 0) is 30.7 Å². The molecule has 0 radical (unpaired) electrons. The standard InChI is InChI=1S/C14H15N3O/c1-11(12-6-5-9-15-10-12)16-14(18)17-13-7-3-2-4-8-13/h2-11H,1H3,(H2,16,17,18)/t11-/m1/s1. The molecule has 0 spiro atoms. The topological polar surface area (TPSA) is 54.0 Å². The summed E-state index contributed by atoms with van der Waals surface area (Å²) < 4.78 is 0. The number of anilines is 1. The van der Waals surface area contributed by atoms with Gasteiger partial charge in [0.05, 0.1) is 6.04 Å². The Labute approximate surface area is 106 Å². The fourth-order valence-electron chi connectivity index (χ4n) is 1.60. The molecule has 2 N–H and O–H groups in total. The first-order chi connectivity index (χ1) is 8.75.